The predicted molar refractivity (Wildman–Crippen MR) is 207 cm³/mol. The van der Waals surface area contributed by atoms with Gasteiger partial charge in [-0.15, -0.1) is 0 Å². The minimum absolute atomic E-state index is 0.467. The molecule has 1 aliphatic rings. The van der Waals surface area contributed by atoms with E-state index in [2.05, 4.69) is 149 Å². The monoisotopic (exact) mass is 610 g/mol. The molecule has 0 amide bonds. The fourth-order valence-corrected chi connectivity index (χ4v) is 8.09. The van der Waals surface area contributed by atoms with Gasteiger partial charge in [0.1, 0.15) is 0 Å². The average Bonchev–Trinajstić information content (AvgIpc) is 3.12. The molecule has 0 heteroatoms. The highest BCUT2D eigenvalue weighted by molar-refractivity contribution is 6.23. The van der Waals surface area contributed by atoms with Crippen LogP contribution in [-0.2, 0) is 0 Å². The molecule has 0 heterocycles. The second-order valence-corrected chi connectivity index (χ2v) is 13.6. The summed E-state index contributed by atoms with van der Waals surface area (Å²) < 4.78 is 0. The summed E-state index contributed by atoms with van der Waals surface area (Å²) in [5, 5.41) is 8.02. The van der Waals surface area contributed by atoms with E-state index in [1.54, 1.807) is 0 Å². The normalized spacial score (nSPS) is 15.4. The summed E-state index contributed by atoms with van der Waals surface area (Å²) in [6, 6.07) is 41.4. The van der Waals surface area contributed by atoms with E-state index in [1.165, 1.54) is 109 Å². The Morgan fingerprint density at radius 3 is 1.87 bits per heavy atom. The number of hydrogen-bond acceptors (Lipinski definition) is 0. The molecule has 1 fully saturated rings. The Labute approximate surface area is 281 Å². The van der Waals surface area contributed by atoms with Crippen molar-refractivity contribution in [2.75, 3.05) is 0 Å². The average molecular weight is 611 g/mol. The Morgan fingerprint density at radius 1 is 0.681 bits per heavy atom. The van der Waals surface area contributed by atoms with Crippen molar-refractivity contribution in [3.05, 3.63) is 151 Å². The summed E-state index contributed by atoms with van der Waals surface area (Å²) in [5.74, 6) is 1.13. The molecule has 1 atom stereocenters. The van der Waals surface area contributed by atoms with Gasteiger partial charge in [-0.05, 0) is 109 Å². The summed E-state index contributed by atoms with van der Waals surface area (Å²) in [6.07, 6.45) is 14.1. The standard InChI is InChI=1S/C47H46/c1-5-16-32(3)31-45(33(4)6-2)35-27-29-36(30-28-35)46-41-19-10-12-21-43(41)47(44-22-13-11-20-42(44)46)40-26-15-24-38-37(23-14-25-39(38)40)34-17-8-7-9-18-34/h5,10-16,19-31,33-34H,1,6-9,17-18H2,2-4H3/b32-16-,45-31+/t33-/m1/s1. The van der Waals surface area contributed by atoms with Gasteiger partial charge in [0.25, 0.3) is 0 Å². The third-order valence-electron chi connectivity index (χ3n) is 10.6. The van der Waals surface area contributed by atoms with Crippen molar-refractivity contribution in [2.24, 2.45) is 5.92 Å². The lowest BCUT2D eigenvalue weighted by molar-refractivity contribution is 0.445. The van der Waals surface area contributed by atoms with Crippen molar-refractivity contribution in [3.63, 3.8) is 0 Å². The van der Waals surface area contributed by atoms with Gasteiger partial charge in [0.2, 0.25) is 0 Å². The van der Waals surface area contributed by atoms with Crippen LogP contribution < -0.4 is 0 Å². The molecule has 1 saturated carbocycles. The second-order valence-electron chi connectivity index (χ2n) is 13.6. The van der Waals surface area contributed by atoms with Gasteiger partial charge < -0.3 is 0 Å². The zero-order chi connectivity index (χ0) is 32.3. The molecule has 234 valence electrons. The Balaban J connectivity index is 1.43. The summed E-state index contributed by atoms with van der Waals surface area (Å²) in [7, 11) is 0. The molecule has 7 rings (SSSR count). The van der Waals surface area contributed by atoms with Crippen molar-refractivity contribution in [1.82, 2.24) is 0 Å². The molecule has 47 heavy (non-hydrogen) atoms. The van der Waals surface area contributed by atoms with E-state index in [1.807, 2.05) is 6.08 Å². The molecule has 0 bridgehead atoms. The largest absolute Gasteiger partial charge is 0.0991 e. The van der Waals surface area contributed by atoms with Crippen LogP contribution in [0.2, 0.25) is 0 Å². The molecule has 6 aromatic carbocycles. The van der Waals surface area contributed by atoms with E-state index in [-0.39, 0.29) is 0 Å². The van der Waals surface area contributed by atoms with Gasteiger partial charge in [-0.2, -0.15) is 0 Å². The molecule has 6 aromatic rings. The van der Waals surface area contributed by atoms with Gasteiger partial charge >= 0.3 is 0 Å². The quantitative estimate of drug-likeness (QED) is 0.119. The first-order valence-electron chi connectivity index (χ1n) is 17.7. The van der Waals surface area contributed by atoms with Crippen molar-refractivity contribution in [3.8, 4) is 22.3 Å². The maximum absolute atomic E-state index is 3.90. The van der Waals surface area contributed by atoms with Gasteiger partial charge in [-0.1, -0.05) is 173 Å². The molecule has 0 radical (unpaired) electrons. The molecule has 0 aromatic heterocycles. The third kappa shape index (κ3) is 5.87. The Kier molecular flexibility index (Phi) is 8.94. The van der Waals surface area contributed by atoms with E-state index < -0.39 is 0 Å². The first-order chi connectivity index (χ1) is 23.1. The van der Waals surface area contributed by atoms with E-state index >= 15 is 0 Å². The van der Waals surface area contributed by atoms with Crippen LogP contribution in [0.25, 0.3) is 60.1 Å². The molecule has 0 N–H and O–H groups in total. The van der Waals surface area contributed by atoms with Crippen molar-refractivity contribution >= 4 is 37.9 Å². The zero-order valence-electron chi connectivity index (χ0n) is 28.2. The van der Waals surface area contributed by atoms with E-state index in [4.69, 9.17) is 0 Å². The van der Waals surface area contributed by atoms with Crippen LogP contribution in [-0.4, -0.2) is 0 Å². The molecule has 0 saturated heterocycles. The number of hydrogen-bond donors (Lipinski definition) is 0. The summed E-state index contributed by atoms with van der Waals surface area (Å²) in [4.78, 5) is 0. The van der Waals surface area contributed by atoms with E-state index in [0.29, 0.717) is 11.8 Å². The summed E-state index contributed by atoms with van der Waals surface area (Å²) in [6.45, 7) is 10.7. The highest BCUT2D eigenvalue weighted by Crippen LogP contribution is 2.46. The van der Waals surface area contributed by atoms with Crippen LogP contribution in [0.3, 0.4) is 0 Å². The molecule has 0 unspecified atom stereocenters. The lowest BCUT2D eigenvalue weighted by atomic mass is 9.80. The maximum Gasteiger partial charge on any atom is -0.00201 e. The third-order valence-corrected chi connectivity index (χ3v) is 10.6. The molecular weight excluding hydrogens is 565 g/mol. The fraction of sp³-hybridized carbons (Fsp3) is 0.234. The van der Waals surface area contributed by atoms with Crippen molar-refractivity contribution < 1.29 is 0 Å². The molecule has 0 spiro atoms. The second kappa shape index (κ2) is 13.6. The SMILES string of the molecule is C=C/C=C(C)\C=C(\c1ccc(-c2c3ccccc3c(-c3cccc4c(C5CCCCC5)cccc34)c3ccccc23)cc1)[C@H](C)CC. The lowest BCUT2D eigenvalue weighted by Crippen LogP contribution is -2.05. The van der Waals surface area contributed by atoms with Crippen LogP contribution in [0, 0.1) is 5.92 Å². The van der Waals surface area contributed by atoms with Crippen LogP contribution >= 0.6 is 0 Å². The maximum atomic E-state index is 3.90. The Hall–Kier alpha value is -4.68. The number of benzene rings is 6. The van der Waals surface area contributed by atoms with Crippen LogP contribution in [0.4, 0.5) is 0 Å². The topological polar surface area (TPSA) is 0 Å². The van der Waals surface area contributed by atoms with Gasteiger partial charge in [-0.25, -0.2) is 0 Å². The van der Waals surface area contributed by atoms with Gasteiger partial charge in [0.05, 0.1) is 0 Å². The molecule has 1 aliphatic carbocycles. The highest BCUT2D eigenvalue weighted by atomic mass is 14.2. The van der Waals surface area contributed by atoms with Crippen molar-refractivity contribution in [2.45, 2.75) is 65.2 Å². The minimum atomic E-state index is 0.467. The van der Waals surface area contributed by atoms with Crippen molar-refractivity contribution in [1.29, 1.82) is 0 Å². The Morgan fingerprint density at radius 2 is 1.26 bits per heavy atom. The van der Waals surface area contributed by atoms with Crippen LogP contribution in [0.1, 0.15) is 76.3 Å². The van der Waals surface area contributed by atoms with E-state index in [0.717, 1.165) is 6.42 Å². The van der Waals surface area contributed by atoms with Gasteiger partial charge in [-0.3, -0.25) is 0 Å². The Bertz CT molecular complexity index is 2070. The van der Waals surface area contributed by atoms with Crippen LogP contribution in [0.15, 0.2) is 140 Å². The molecule has 0 aliphatic heterocycles. The summed E-state index contributed by atoms with van der Waals surface area (Å²) >= 11 is 0. The molecular formula is C47H46. The minimum Gasteiger partial charge on any atom is -0.0991 e. The van der Waals surface area contributed by atoms with Gasteiger partial charge in [0, 0.05) is 0 Å². The zero-order valence-corrected chi connectivity index (χ0v) is 28.2. The lowest BCUT2D eigenvalue weighted by Gasteiger charge is -2.24. The smallest absolute Gasteiger partial charge is 0.00201 e. The molecule has 0 nitrogen and oxygen atoms in total. The highest BCUT2D eigenvalue weighted by Gasteiger charge is 2.21. The predicted octanol–water partition coefficient (Wildman–Crippen LogP) is 14.1. The first-order valence-corrected chi connectivity index (χ1v) is 17.7. The first kappa shape index (κ1) is 30.9. The summed E-state index contributed by atoms with van der Waals surface area (Å²) in [5.41, 5.74) is 10.7. The number of allylic oxidation sites excluding steroid dienone is 5. The fourth-order valence-electron chi connectivity index (χ4n) is 8.09. The van der Waals surface area contributed by atoms with E-state index in [9.17, 15) is 0 Å². The van der Waals surface area contributed by atoms with Gasteiger partial charge in [0.15, 0.2) is 0 Å². The van der Waals surface area contributed by atoms with Crippen LogP contribution in [0.5, 0.6) is 0 Å². The number of rotatable bonds is 8. The number of fused-ring (bicyclic) bond motifs is 3.